The first-order valence-electron chi connectivity index (χ1n) is 11.5. The first kappa shape index (κ1) is 25.5. The van der Waals surface area contributed by atoms with Crippen LogP contribution in [0.5, 0.6) is 0 Å². The Hall–Kier alpha value is -4.64. The van der Waals surface area contributed by atoms with Gasteiger partial charge in [-0.15, -0.1) is 0 Å². The molecule has 37 heavy (non-hydrogen) atoms. The molecule has 190 valence electrons. The molecule has 1 fully saturated rings. The number of rotatable bonds is 8. The summed E-state index contributed by atoms with van der Waals surface area (Å²) >= 11 is 0. The SMILES string of the molecule is CO/N=C1\CC(C(=O)NCC(O)c2ccc([N+](=O)[O-])cc2)N(C(=O)c2ccc(-c3cccnc3)cc2)C1. The Morgan fingerprint density at radius 1 is 1.19 bits per heavy atom. The van der Waals surface area contributed by atoms with Crippen molar-refractivity contribution in [3.8, 4) is 11.1 Å². The minimum atomic E-state index is -1.08. The Morgan fingerprint density at radius 3 is 2.54 bits per heavy atom. The van der Waals surface area contributed by atoms with Crippen molar-refractivity contribution >= 4 is 23.2 Å². The van der Waals surface area contributed by atoms with Crippen molar-refractivity contribution < 1.29 is 24.5 Å². The average molecular weight is 504 g/mol. The van der Waals surface area contributed by atoms with Crippen LogP contribution in [-0.4, -0.2) is 63.7 Å². The number of hydrogen-bond acceptors (Lipinski definition) is 8. The highest BCUT2D eigenvalue weighted by Gasteiger charge is 2.38. The molecule has 0 aliphatic carbocycles. The second kappa shape index (κ2) is 11.4. The fourth-order valence-electron chi connectivity index (χ4n) is 4.10. The summed E-state index contributed by atoms with van der Waals surface area (Å²) in [6.45, 7) is -0.00817. The summed E-state index contributed by atoms with van der Waals surface area (Å²) in [6, 6.07) is 15.4. The number of carbonyl (C=O) groups is 2. The van der Waals surface area contributed by atoms with Crippen molar-refractivity contribution in [3.63, 3.8) is 0 Å². The van der Waals surface area contributed by atoms with Crippen LogP contribution in [0.1, 0.15) is 28.4 Å². The Labute approximate surface area is 212 Å². The minimum absolute atomic E-state index is 0.0986. The number of nitrogens with one attached hydrogen (secondary N) is 1. The number of pyridine rings is 1. The van der Waals surface area contributed by atoms with Crippen LogP contribution < -0.4 is 5.32 Å². The van der Waals surface area contributed by atoms with Crippen molar-refractivity contribution in [3.05, 3.63) is 94.3 Å². The molecule has 11 nitrogen and oxygen atoms in total. The number of nitro groups is 1. The van der Waals surface area contributed by atoms with Crippen LogP contribution in [0.4, 0.5) is 5.69 Å². The topological polar surface area (TPSA) is 147 Å². The quantitative estimate of drug-likeness (QED) is 0.355. The van der Waals surface area contributed by atoms with E-state index in [9.17, 15) is 24.8 Å². The first-order chi connectivity index (χ1) is 17.9. The predicted octanol–water partition coefficient (Wildman–Crippen LogP) is 2.72. The number of aliphatic hydroxyl groups is 1. The monoisotopic (exact) mass is 503 g/mol. The van der Waals surface area contributed by atoms with Crippen molar-refractivity contribution in [2.75, 3.05) is 20.2 Å². The zero-order valence-corrected chi connectivity index (χ0v) is 20.0. The summed E-state index contributed by atoms with van der Waals surface area (Å²) in [7, 11) is 1.39. The van der Waals surface area contributed by atoms with Gasteiger partial charge in [0.15, 0.2) is 0 Å². The second-order valence-electron chi connectivity index (χ2n) is 8.42. The number of aliphatic hydroxyl groups excluding tert-OH is 1. The number of oxime groups is 1. The molecule has 2 amide bonds. The Morgan fingerprint density at radius 2 is 1.92 bits per heavy atom. The Balaban J connectivity index is 1.45. The highest BCUT2D eigenvalue weighted by molar-refractivity contribution is 6.05. The Kier molecular flexibility index (Phi) is 7.84. The van der Waals surface area contributed by atoms with E-state index in [2.05, 4.69) is 15.5 Å². The lowest BCUT2D eigenvalue weighted by Crippen LogP contribution is -2.46. The smallest absolute Gasteiger partial charge is 0.269 e. The zero-order valence-electron chi connectivity index (χ0n) is 20.0. The van der Waals surface area contributed by atoms with E-state index < -0.39 is 23.0 Å². The van der Waals surface area contributed by atoms with Crippen molar-refractivity contribution in [1.82, 2.24) is 15.2 Å². The lowest BCUT2D eigenvalue weighted by Gasteiger charge is -2.24. The summed E-state index contributed by atoms with van der Waals surface area (Å²) in [4.78, 5) is 47.1. The molecular weight excluding hydrogens is 478 g/mol. The number of non-ortho nitro benzene ring substituents is 1. The molecule has 11 heteroatoms. The molecule has 2 unspecified atom stereocenters. The lowest BCUT2D eigenvalue weighted by atomic mass is 10.0. The molecule has 2 atom stereocenters. The van der Waals surface area contributed by atoms with Crippen LogP contribution >= 0.6 is 0 Å². The van der Waals surface area contributed by atoms with E-state index in [1.54, 1.807) is 24.5 Å². The molecule has 1 aliphatic rings. The maximum Gasteiger partial charge on any atom is 0.269 e. The van der Waals surface area contributed by atoms with Gasteiger partial charge >= 0.3 is 0 Å². The largest absolute Gasteiger partial charge is 0.399 e. The van der Waals surface area contributed by atoms with Gasteiger partial charge in [0.2, 0.25) is 5.91 Å². The molecule has 1 saturated heterocycles. The first-order valence-corrected chi connectivity index (χ1v) is 11.5. The van der Waals surface area contributed by atoms with Gasteiger partial charge in [-0.25, -0.2) is 0 Å². The second-order valence-corrected chi connectivity index (χ2v) is 8.42. The van der Waals surface area contributed by atoms with Gasteiger partial charge in [-0.2, -0.15) is 0 Å². The summed E-state index contributed by atoms with van der Waals surface area (Å²) in [6.07, 6.45) is 2.52. The molecular formula is C26H25N5O6. The van der Waals surface area contributed by atoms with Crippen LogP contribution in [0.3, 0.4) is 0 Å². The molecule has 4 rings (SSSR count). The summed E-state index contributed by atoms with van der Waals surface area (Å²) in [5, 5.41) is 27.9. The normalized spacial score (nSPS) is 16.9. The number of nitro benzene ring substituents is 1. The average Bonchev–Trinajstić information content (AvgIpc) is 3.36. The maximum absolute atomic E-state index is 13.3. The van der Waals surface area contributed by atoms with E-state index in [0.29, 0.717) is 16.8 Å². The zero-order chi connectivity index (χ0) is 26.4. The van der Waals surface area contributed by atoms with Crippen LogP contribution in [0.2, 0.25) is 0 Å². The fourth-order valence-corrected chi connectivity index (χ4v) is 4.10. The van der Waals surface area contributed by atoms with E-state index in [4.69, 9.17) is 4.84 Å². The molecule has 0 saturated carbocycles. The van der Waals surface area contributed by atoms with E-state index in [0.717, 1.165) is 11.1 Å². The van der Waals surface area contributed by atoms with Gasteiger partial charge in [-0.05, 0) is 47.0 Å². The van der Waals surface area contributed by atoms with Crippen LogP contribution in [0, 0.1) is 10.1 Å². The van der Waals surface area contributed by atoms with Gasteiger partial charge < -0.3 is 20.2 Å². The van der Waals surface area contributed by atoms with Gasteiger partial charge in [0.25, 0.3) is 11.6 Å². The molecule has 2 heterocycles. The van der Waals surface area contributed by atoms with Crippen LogP contribution in [0.25, 0.3) is 11.1 Å². The summed E-state index contributed by atoms with van der Waals surface area (Å²) in [5.41, 5.74) is 3.09. The molecule has 2 aromatic carbocycles. The predicted molar refractivity (Wildman–Crippen MR) is 135 cm³/mol. The van der Waals surface area contributed by atoms with Gasteiger partial charge in [0, 0.05) is 43.1 Å². The van der Waals surface area contributed by atoms with E-state index in [1.165, 1.54) is 36.3 Å². The van der Waals surface area contributed by atoms with Crippen LogP contribution in [0.15, 0.2) is 78.2 Å². The molecule has 0 spiro atoms. The summed E-state index contributed by atoms with van der Waals surface area (Å²) < 4.78 is 0. The van der Waals surface area contributed by atoms with Gasteiger partial charge in [-0.3, -0.25) is 24.7 Å². The third-order valence-corrected chi connectivity index (χ3v) is 6.03. The van der Waals surface area contributed by atoms with Gasteiger partial charge in [-0.1, -0.05) is 23.4 Å². The number of amides is 2. The number of nitrogens with zero attached hydrogens (tertiary/aromatic N) is 4. The number of likely N-dealkylation sites (tertiary alicyclic amines) is 1. The van der Waals surface area contributed by atoms with Crippen molar-refractivity contribution in [2.45, 2.75) is 18.6 Å². The van der Waals surface area contributed by atoms with E-state index in [1.807, 2.05) is 24.3 Å². The number of benzene rings is 2. The highest BCUT2D eigenvalue weighted by Crippen LogP contribution is 2.23. The number of hydrogen-bond donors (Lipinski definition) is 2. The molecule has 1 aliphatic heterocycles. The standard InChI is InChI=1S/C26H25N5O6/c1-37-29-21-13-23(25(33)28-15-24(32)18-8-10-22(11-9-18)31(35)36)30(16-21)26(34)19-6-4-17(5-7-19)20-3-2-12-27-14-20/h2-12,14,23-24,32H,13,15-16H2,1H3,(H,28,33)/b29-21+. The number of carbonyl (C=O) groups excluding carboxylic acids is 2. The molecule has 0 bridgehead atoms. The number of aromatic nitrogens is 1. The summed E-state index contributed by atoms with van der Waals surface area (Å²) in [5.74, 6) is -0.794. The molecule has 2 N–H and O–H groups in total. The molecule has 1 aromatic heterocycles. The third kappa shape index (κ3) is 5.96. The van der Waals surface area contributed by atoms with Crippen molar-refractivity contribution in [2.24, 2.45) is 5.16 Å². The Bertz CT molecular complexity index is 1300. The van der Waals surface area contributed by atoms with E-state index >= 15 is 0 Å². The third-order valence-electron chi connectivity index (χ3n) is 6.03. The highest BCUT2D eigenvalue weighted by atomic mass is 16.6. The van der Waals surface area contributed by atoms with Crippen LogP contribution in [-0.2, 0) is 9.63 Å². The maximum atomic E-state index is 13.3. The fraction of sp³-hybridized carbons (Fsp3) is 0.231. The minimum Gasteiger partial charge on any atom is -0.399 e. The van der Waals surface area contributed by atoms with Crippen molar-refractivity contribution in [1.29, 1.82) is 0 Å². The van der Waals surface area contributed by atoms with Gasteiger partial charge in [0.1, 0.15) is 13.2 Å². The van der Waals surface area contributed by atoms with Gasteiger partial charge in [0.05, 0.1) is 23.3 Å². The lowest BCUT2D eigenvalue weighted by molar-refractivity contribution is -0.384. The molecule has 3 aromatic rings. The van der Waals surface area contributed by atoms with E-state index in [-0.39, 0.29) is 31.1 Å². The molecule has 0 radical (unpaired) electrons.